The maximum Gasteiger partial charge on any atom is 0.410 e. The molecule has 1 atom stereocenters. The van der Waals surface area contributed by atoms with E-state index in [4.69, 9.17) is 14.6 Å². The van der Waals surface area contributed by atoms with Crippen LogP contribution in [-0.4, -0.2) is 65.1 Å². The fourth-order valence-electron chi connectivity index (χ4n) is 3.10. The molecule has 0 aliphatic carbocycles. The number of aryl methyl sites for hydroxylation is 1. The molecule has 154 valence electrons. The molecule has 1 unspecified atom stereocenters. The molecule has 0 radical (unpaired) electrons. The summed E-state index contributed by atoms with van der Waals surface area (Å²) in [5, 5.41) is 4.75. The van der Waals surface area contributed by atoms with Crippen LogP contribution in [0.2, 0.25) is 0 Å². The van der Waals surface area contributed by atoms with Gasteiger partial charge in [-0.2, -0.15) is 5.10 Å². The molecule has 1 aromatic heterocycles. The zero-order chi connectivity index (χ0) is 20.0. The molecular formula is C20H36N4O3. The third-order valence-corrected chi connectivity index (χ3v) is 4.64. The first-order valence-corrected chi connectivity index (χ1v) is 10.0. The Bertz CT molecular complexity index is 603. The lowest BCUT2D eigenvalue weighted by molar-refractivity contribution is -0.0397. The Kier molecular flexibility index (Phi) is 7.68. The molecule has 0 N–H and O–H groups in total. The van der Waals surface area contributed by atoms with Crippen LogP contribution in [0.25, 0.3) is 0 Å². The van der Waals surface area contributed by atoms with Crippen LogP contribution in [0.4, 0.5) is 4.79 Å². The Morgan fingerprint density at radius 2 is 2.07 bits per heavy atom. The molecular weight excluding hydrogens is 344 g/mol. The number of carbonyl (C=O) groups excluding carboxylic acids is 1. The van der Waals surface area contributed by atoms with Gasteiger partial charge >= 0.3 is 6.09 Å². The van der Waals surface area contributed by atoms with Gasteiger partial charge in [0, 0.05) is 45.0 Å². The maximum atomic E-state index is 12.1. The van der Waals surface area contributed by atoms with E-state index in [1.54, 1.807) is 11.9 Å². The number of rotatable bonds is 7. The quantitative estimate of drug-likeness (QED) is 0.725. The minimum Gasteiger partial charge on any atom is -0.444 e. The van der Waals surface area contributed by atoms with E-state index in [0.717, 1.165) is 44.7 Å². The first-order valence-electron chi connectivity index (χ1n) is 10.0. The molecule has 1 saturated heterocycles. The van der Waals surface area contributed by atoms with Crippen molar-refractivity contribution in [2.45, 2.75) is 71.8 Å². The topological polar surface area (TPSA) is 59.8 Å². The van der Waals surface area contributed by atoms with Gasteiger partial charge in [0.25, 0.3) is 0 Å². The Morgan fingerprint density at radius 1 is 1.33 bits per heavy atom. The van der Waals surface area contributed by atoms with Crippen molar-refractivity contribution in [2.24, 2.45) is 0 Å². The molecule has 1 aliphatic rings. The SMILES string of the molecule is CCc1nn(C2CCCCO2)cc1CN(C)CCN(C)C(=O)OC(C)(C)C. The van der Waals surface area contributed by atoms with Gasteiger partial charge in [-0.25, -0.2) is 9.48 Å². The molecule has 2 heterocycles. The molecule has 27 heavy (non-hydrogen) atoms. The van der Waals surface area contributed by atoms with Crippen LogP contribution in [0.1, 0.15) is 64.4 Å². The van der Waals surface area contributed by atoms with Gasteiger partial charge in [-0.15, -0.1) is 0 Å². The normalized spacial score (nSPS) is 18.0. The number of ether oxygens (including phenoxy) is 2. The Hall–Kier alpha value is -1.60. The molecule has 1 amide bonds. The van der Waals surface area contributed by atoms with E-state index in [-0.39, 0.29) is 12.3 Å². The number of hydrogen-bond donors (Lipinski definition) is 0. The van der Waals surface area contributed by atoms with E-state index in [1.807, 2.05) is 25.5 Å². The zero-order valence-electron chi connectivity index (χ0n) is 17.8. The van der Waals surface area contributed by atoms with Crippen molar-refractivity contribution in [2.75, 3.05) is 33.8 Å². The van der Waals surface area contributed by atoms with E-state index in [9.17, 15) is 4.79 Å². The standard InChI is InChI=1S/C20H36N4O3/c1-7-17-16(15-24(21-17)18-10-8-9-13-26-18)14-22(5)11-12-23(6)19(25)27-20(2,3)4/h15,18H,7-14H2,1-6H3. The Labute approximate surface area is 163 Å². The second-order valence-electron chi connectivity index (χ2n) is 8.40. The van der Waals surface area contributed by atoms with E-state index >= 15 is 0 Å². The highest BCUT2D eigenvalue weighted by molar-refractivity contribution is 5.67. The van der Waals surface area contributed by atoms with Gasteiger partial charge in [0.15, 0.2) is 0 Å². The largest absolute Gasteiger partial charge is 0.444 e. The number of carbonyl (C=O) groups is 1. The molecule has 7 nitrogen and oxygen atoms in total. The molecule has 1 aromatic rings. The van der Waals surface area contributed by atoms with Gasteiger partial charge in [0.05, 0.1) is 5.69 Å². The Morgan fingerprint density at radius 3 is 2.67 bits per heavy atom. The third-order valence-electron chi connectivity index (χ3n) is 4.64. The van der Waals surface area contributed by atoms with Crippen LogP contribution in [-0.2, 0) is 22.4 Å². The predicted molar refractivity (Wildman–Crippen MR) is 106 cm³/mol. The van der Waals surface area contributed by atoms with Crippen LogP contribution in [0.15, 0.2) is 6.20 Å². The second kappa shape index (κ2) is 9.55. The molecule has 0 spiro atoms. The van der Waals surface area contributed by atoms with Crippen LogP contribution in [0, 0.1) is 0 Å². The van der Waals surface area contributed by atoms with Crippen LogP contribution < -0.4 is 0 Å². The van der Waals surface area contributed by atoms with E-state index in [2.05, 4.69) is 25.1 Å². The summed E-state index contributed by atoms with van der Waals surface area (Å²) in [7, 11) is 3.84. The van der Waals surface area contributed by atoms with Gasteiger partial charge in [-0.1, -0.05) is 6.92 Å². The highest BCUT2D eigenvalue weighted by Gasteiger charge is 2.21. The lowest BCUT2D eigenvalue weighted by Crippen LogP contribution is -2.38. The van der Waals surface area contributed by atoms with Crippen molar-refractivity contribution in [1.29, 1.82) is 0 Å². The smallest absolute Gasteiger partial charge is 0.410 e. The minimum absolute atomic E-state index is 0.0707. The van der Waals surface area contributed by atoms with Gasteiger partial charge < -0.3 is 19.3 Å². The number of aromatic nitrogens is 2. The number of hydrogen-bond acceptors (Lipinski definition) is 5. The zero-order valence-corrected chi connectivity index (χ0v) is 17.8. The number of likely N-dealkylation sites (N-methyl/N-ethyl adjacent to an activating group) is 2. The van der Waals surface area contributed by atoms with Crippen molar-refractivity contribution < 1.29 is 14.3 Å². The Balaban J connectivity index is 1.88. The molecule has 0 bridgehead atoms. The summed E-state index contributed by atoms with van der Waals surface area (Å²) in [6, 6.07) is 0. The molecule has 2 rings (SSSR count). The van der Waals surface area contributed by atoms with E-state index < -0.39 is 5.60 Å². The second-order valence-corrected chi connectivity index (χ2v) is 8.40. The van der Waals surface area contributed by atoms with Crippen molar-refractivity contribution in [3.63, 3.8) is 0 Å². The van der Waals surface area contributed by atoms with Gasteiger partial charge in [-0.3, -0.25) is 0 Å². The third kappa shape index (κ3) is 6.81. The molecule has 0 saturated carbocycles. The fourth-order valence-corrected chi connectivity index (χ4v) is 3.10. The number of amides is 1. The fraction of sp³-hybridized carbons (Fsp3) is 0.800. The average molecular weight is 381 g/mol. The summed E-state index contributed by atoms with van der Waals surface area (Å²) >= 11 is 0. The summed E-state index contributed by atoms with van der Waals surface area (Å²) in [5.41, 5.74) is 1.88. The van der Waals surface area contributed by atoms with Crippen molar-refractivity contribution >= 4 is 6.09 Å². The van der Waals surface area contributed by atoms with Gasteiger partial charge in [0.1, 0.15) is 11.8 Å². The lowest BCUT2D eigenvalue weighted by atomic mass is 10.2. The minimum atomic E-state index is -0.469. The first-order chi connectivity index (χ1) is 12.7. The van der Waals surface area contributed by atoms with Crippen LogP contribution in [0.5, 0.6) is 0 Å². The molecule has 0 aromatic carbocycles. The summed E-state index contributed by atoms with van der Waals surface area (Å²) in [5.74, 6) is 0. The summed E-state index contributed by atoms with van der Waals surface area (Å²) in [6.45, 7) is 10.8. The molecule has 1 aliphatic heterocycles. The van der Waals surface area contributed by atoms with Crippen molar-refractivity contribution in [3.05, 3.63) is 17.5 Å². The molecule has 1 fully saturated rings. The van der Waals surface area contributed by atoms with Crippen molar-refractivity contribution in [1.82, 2.24) is 19.6 Å². The monoisotopic (exact) mass is 380 g/mol. The van der Waals surface area contributed by atoms with E-state index in [0.29, 0.717) is 6.54 Å². The van der Waals surface area contributed by atoms with Crippen molar-refractivity contribution in [3.8, 4) is 0 Å². The van der Waals surface area contributed by atoms with Crippen LogP contribution >= 0.6 is 0 Å². The molecule has 7 heteroatoms. The lowest BCUT2D eigenvalue weighted by Gasteiger charge is -2.26. The van der Waals surface area contributed by atoms with Gasteiger partial charge in [-0.05, 0) is 53.5 Å². The van der Waals surface area contributed by atoms with E-state index in [1.165, 1.54) is 12.0 Å². The predicted octanol–water partition coefficient (Wildman–Crippen LogP) is 3.44. The summed E-state index contributed by atoms with van der Waals surface area (Å²) in [6.07, 6.45) is 6.18. The summed E-state index contributed by atoms with van der Waals surface area (Å²) < 4.78 is 13.2. The van der Waals surface area contributed by atoms with Gasteiger partial charge in [0.2, 0.25) is 0 Å². The maximum absolute atomic E-state index is 12.1. The highest BCUT2D eigenvalue weighted by atomic mass is 16.6. The first kappa shape index (κ1) is 21.7. The summed E-state index contributed by atoms with van der Waals surface area (Å²) in [4.78, 5) is 15.9. The average Bonchev–Trinajstić information content (AvgIpc) is 3.01. The van der Waals surface area contributed by atoms with Crippen LogP contribution in [0.3, 0.4) is 0 Å². The highest BCUT2D eigenvalue weighted by Crippen LogP contribution is 2.23. The number of nitrogens with zero attached hydrogens (tertiary/aromatic N) is 4.